The fourth-order valence-corrected chi connectivity index (χ4v) is 4.48. The lowest BCUT2D eigenvalue weighted by atomic mass is 9.87. The lowest BCUT2D eigenvalue weighted by Crippen LogP contribution is -2.24. The smallest absolute Gasteiger partial charge is 0.0719 e. The van der Waals surface area contributed by atoms with Crippen LogP contribution in [0.15, 0.2) is 90.1 Å². The summed E-state index contributed by atoms with van der Waals surface area (Å²) in [5.74, 6) is 0. The van der Waals surface area contributed by atoms with Gasteiger partial charge in [-0.3, -0.25) is 4.98 Å². The van der Waals surface area contributed by atoms with Crippen molar-refractivity contribution in [3.63, 3.8) is 0 Å². The third-order valence-corrected chi connectivity index (χ3v) is 5.82. The van der Waals surface area contributed by atoms with Crippen LogP contribution in [0.1, 0.15) is 37.3 Å². The van der Waals surface area contributed by atoms with Crippen LogP contribution >= 0.6 is 11.8 Å². The van der Waals surface area contributed by atoms with Crippen molar-refractivity contribution in [3.8, 4) is 0 Å². The first-order valence-corrected chi connectivity index (χ1v) is 9.37. The molecular formula is C22H23NS. The molecule has 0 amide bonds. The Kier molecular flexibility index (Phi) is 5.71. The predicted octanol–water partition coefficient (Wildman–Crippen LogP) is 6.31. The molecule has 3 aromatic rings. The van der Waals surface area contributed by atoms with Crippen molar-refractivity contribution >= 4 is 11.8 Å². The van der Waals surface area contributed by atoms with E-state index in [1.54, 1.807) is 0 Å². The van der Waals surface area contributed by atoms with Crippen LogP contribution in [0.5, 0.6) is 0 Å². The third-order valence-electron chi connectivity index (χ3n) is 4.29. The van der Waals surface area contributed by atoms with E-state index in [1.807, 2.05) is 30.2 Å². The molecule has 0 aliphatic rings. The van der Waals surface area contributed by atoms with Gasteiger partial charge in [-0.25, -0.2) is 0 Å². The lowest BCUT2D eigenvalue weighted by Gasteiger charge is -2.34. The molecular weight excluding hydrogens is 310 g/mol. The van der Waals surface area contributed by atoms with Crippen molar-refractivity contribution in [1.82, 2.24) is 4.98 Å². The summed E-state index contributed by atoms with van der Waals surface area (Å²) in [6.07, 6.45) is 7.34. The number of hydrogen-bond donors (Lipinski definition) is 0. The molecule has 1 heterocycles. The van der Waals surface area contributed by atoms with Gasteiger partial charge in [-0.05, 0) is 35.7 Å². The van der Waals surface area contributed by atoms with Crippen LogP contribution in [0, 0.1) is 0 Å². The Morgan fingerprint density at radius 2 is 1.50 bits per heavy atom. The number of hydrogen-bond acceptors (Lipinski definition) is 2. The number of pyridine rings is 1. The Bertz CT molecular complexity index is 686. The fraction of sp³-hybridized carbons (Fsp3) is 0.227. The second kappa shape index (κ2) is 8.16. The SMILES string of the molecule is CCCCC(Sc1ccccc1)(c1ccccc1)c1cccnc1. The van der Waals surface area contributed by atoms with Crippen molar-refractivity contribution in [3.05, 3.63) is 96.3 Å². The third kappa shape index (κ3) is 3.70. The number of benzene rings is 2. The Morgan fingerprint density at radius 3 is 2.12 bits per heavy atom. The molecule has 0 saturated carbocycles. The van der Waals surface area contributed by atoms with Crippen molar-refractivity contribution in [1.29, 1.82) is 0 Å². The van der Waals surface area contributed by atoms with E-state index in [0.29, 0.717) is 0 Å². The van der Waals surface area contributed by atoms with E-state index in [1.165, 1.54) is 28.9 Å². The molecule has 1 nitrogen and oxygen atoms in total. The zero-order chi connectivity index (χ0) is 16.7. The normalized spacial score (nSPS) is 13.4. The maximum atomic E-state index is 4.41. The molecule has 24 heavy (non-hydrogen) atoms. The first-order valence-electron chi connectivity index (χ1n) is 8.55. The highest BCUT2D eigenvalue weighted by atomic mass is 32.2. The van der Waals surface area contributed by atoms with E-state index in [4.69, 9.17) is 0 Å². The van der Waals surface area contributed by atoms with Crippen LogP contribution in [0.4, 0.5) is 0 Å². The zero-order valence-corrected chi connectivity index (χ0v) is 14.9. The summed E-state index contributed by atoms with van der Waals surface area (Å²) in [5.41, 5.74) is 2.62. The van der Waals surface area contributed by atoms with Gasteiger partial charge in [0.25, 0.3) is 0 Å². The van der Waals surface area contributed by atoms with Gasteiger partial charge in [0, 0.05) is 17.3 Å². The first-order chi connectivity index (χ1) is 11.8. The van der Waals surface area contributed by atoms with Crippen molar-refractivity contribution in [2.24, 2.45) is 0 Å². The fourth-order valence-electron chi connectivity index (χ4n) is 3.05. The Labute approximate surface area is 149 Å². The van der Waals surface area contributed by atoms with Crippen molar-refractivity contribution in [2.75, 3.05) is 0 Å². The molecule has 122 valence electrons. The van der Waals surface area contributed by atoms with Gasteiger partial charge in [0.15, 0.2) is 0 Å². The highest BCUT2D eigenvalue weighted by molar-refractivity contribution is 8.00. The van der Waals surface area contributed by atoms with Crippen molar-refractivity contribution in [2.45, 2.75) is 35.8 Å². The van der Waals surface area contributed by atoms with Gasteiger partial charge in [0.05, 0.1) is 4.75 Å². The number of aromatic nitrogens is 1. The lowest BCUT2D eigenvalue weighted by molar-refractivity contribution is 0.606. The average Bonchev–Trinajstić information content (AvgIpc) is 2.67. The minimum atomic E-state index is -0.104. The zero-order valence-electron chi connectivity index (χ0n) is 14.1. The Morgan fingerprint density at radius 1 is 0.833 bits per heavy atom. The molecule has 0 N–H and O–H groups in total. The monoisotopic (exact) mass is 333 g/mol. The van der Waals surface area contributed by atoms with E-state index in [0.717, 1.165) is 6.42 Å². The van der Waals surface area contributed by atoms with Crippen LogP contribution in [-0.4, -0.2) is 4.98 Å². The summed E-state index contributed by atoms with van der Waals surface area (Å²) < 4.78 is -0.104. The topological polar surface area (TPSA) is 12.9 Å². The number of rotatable bonds is 7. The summed E-state index contributed by atoms with van der Waals surface area (Å²) in [5, 5.41) is 0. The first kappa shape index (κ1) is 16.8. The molecule has 0 bridgehead atoms. The van der Waals surface area contributed by atoms with Gasteiger partial charge < -0.3 is 0 Å². The van der Waals surface area contributed by atoms with Crippen molar-refractivity contribution < 1.29 is 0 Å². The van der Waals surface area contributed by atoms with Gasteiger partial charge in [-0.1, -0.05) is 74.4 Å². The highest BCUT2D eigenvalue weighted by Crippen LogP contribution is 2.49. The van der Waals surface area contributed by atoms with Gasteiger partial charge in [-0.2, -0.15) is 0 Å². The van der Waals surface area contributed by atoms with Crippen LogP contribution in [-0.2, 0) is 4.75 Å². The summed E-state index contributed by atoms with van der Waals surface area (Å²) >= 11 is 1.94. The van der Waals surface area contributed by atoms with Gasteiger partial charge in [-0.15, -0.1) is 11.8 Å². The van der Waals surface area contributed by atoms with E-state index < -0.39 is 0 Å². The maximum absolute atomic E-state index is 4.41. The molecule has 0 saturated heterocycles. The highest BCUT2D eigenvalue weighted by Gasteiger charge is 2.35. The van der Waals surface area contributed by atoms with Crippen LogP contribution < -0.4 is 0 Å². The van der Waals surface area contributed by atoms with E-state index in [9.17, 15) is 0 Å². The molecule has 0 radical (unpaired) electrons. The van der Waals surface area contributed by atoms with E-state index in [2.05, 4.69) is 78.6 Å². The molecule has 1 aromatic heterocycles. The average molecular weight is 334 g/mol. The summed E-state index contributed by atoms with van der Waals surface area (Å²) in [4.78, 5) is 5.71. The molecule has 0 aliphatic heterocycles. The van der Waals surface area contributed by atoms with Crippen LogP contribution in [0.25, 0.3) is 0 Å². The minimum Gasteiger partial charge on any atom is -0.264 e. The van der Waals surface area contributed by atoms with E-state index >= 15 is 0 Å². The van der Waals surface area contributed by atoms with Crippen LogP contribution in [0.2, 0.25) is 0 Å². The number of thioether (sulfide) groups is 1. The molecule has 0 fully saturated rings. The number of unbranched alkanes of at least 4 members (excludes halogenated alkanes) is 1. The second-order valence-corrected chi connectivity index (χ2v) is 7.33. The van der Waals surface area contributed by atoms with Crippen LogP contribution in [0.3, 0.4) is 0 Å². The molecule has 2 aromatic carbocycles. The second-order valence-electron chi connectivity index (χ2n) is 5.95. The summed E-state index contributed by atoms with van der Waals surface area (Å²) in [7, 11) is 0. The standard InChI is InChI=1S/C22H23NS/c1-2-3-16-22(19-11-6-4-7-12-19,20-13-10-17-23-18-20)24-21-14-8-5-9-15-21/h4-15,17-18H,2-3,16H2,1H3. The summed E-state index contributed by atoms with van der Waals surface area (Å²) in [6.45, 7) is 2.26. The van der Waals surface area contributed by atoms with Gasteiger partial charge in [0.2, 0.25) is 0 Å². The molecule has 1 unspecified atom stereocenters. The predicted molar refractivity (Wildman–Crippen MR) is 103 cm³/mol. The van der Waals surface area contributed by atoms with E-state index in [-0.39, 0.29) is 4.75 Å². The Hall–Kier alpha value is -2.06. The minimum absolute atomic E-state index is 0.104. The summed E-state index contributed by atoms with van der Waals surface area (Å²) in [6, 6.07) is 25.8. The maximum Gasteiger partial charge on any atom is 0.0719 e. The molecule has 0 aliphatic carbocycles. The molecule has 0 spiro atoms. The molecule has 2 heteroatoms. The largest absolute Gasteiger partial charge is 0.264 e. The molecule has 1 atom stereocenters. The Balaban J connectivity index is 2.12. The quantitative estimate of drug-likeness (QED) is 0.470. The van der Waals surface area contributed by atoms with Gasteiger partial charge in [0.1, 0.15) is 0 Å². The molecule has 3 rings (SSSR count). The van der Waals surface area contributed by atoms with Gasteiger partial charge >= 0.3 is 0 Å². The number of nitrogens with zero attached hydrogens (tertiary/aromatic N) is 1.